The first-order valence-electron chi connectivity index (χ1n) is 6.74. The molecule has 0 aliphatic carbocycles. The van der Waals surface area contributed by atoms with Crippen LogP contribution in [0.15, 0.2) is 18.2 Å². The lowest BCUT2D eigenvalue weighted by Gasteiger charge is -2.20. The Labute approximate surface area is 119 Å². The van der Waals surface area contributed by atoms with Crippen molar-refractivity contribution in [3.8, 4) is 6.07 Å². The third-order valence-corrected chi connectivity index (χ3v) is 3.79. The lowest BCUT2D eigenvalue weighted by molar-refractivity contribution is 0.216. The van der Waals surface area contributed by atoms with E-state index in [1.54, 1.807) is 6.07 Å². The summed E-state index contributed by atoms with van der Waals surface area (Å²) < 4.78 is 0. The van der Waals surface area contributed by atoms with Crippen LogP contribution in [0.2, 0.25) is 0 Å². The molecule has 1 aliphatic rings. The molecule has 1 aliphatic heterocycles. The molecule has 2 rings (SSSR count). The van der Waals surface area contributed by atoms with Crippen molar-refractivity contribution in [1.82, 2.24) is 9.80 Å². The van der Waals surface area contributed by atoms with Crippen LogP contribution in [-0.4, -0.2) is 49.1 Å². The Morgan fingerprint density at radius 1 is 1.50 bits per heavy atom. The number of rotatable bonds is 2. The monoisotopic (exact) mass is 272 g/mol. The van der Waals surface area contributed by atoms with Gasteiger partial charge in [0.2, 0.25) is 0 Å². The van der Waals surface area contributed by atoms with Gasteiger partial charge in [-0.15, -0.1) is 0 Å². The van der Waals surface area contributed by atoms with E-state index in [0.717, 1.165) is 25.1 Å². The molecule has 0 saturated carbocycles. The van der Waals surface area contributed by atoms with Crippen molar-refractivity contribution >= 4 is 11.7 Å². The fraction of sp³-hybridized carbons (Fsp3) is 0.467. The van der Waals surface area contributed by atoms with E-state index >= 15 is 0 Å². The van der Waals surface area contributed by atoms with E-state index in [4.69, 9.17) is 5.26 Å². The number of nitrogens with one attached hydrogen (secondary N) is 1. The van der Waals surface area contributed by atoms with Crippen molar-refractivity contribution in [3.63, 3.8) is 0 Å². The summed E-state index contributed by atoms with van der Waals surface area (Å²) in [4.78, 5) is 16.1. The van der Waals surface area contributed by atoms with Gasteiger partial charge in [-0.05, 0) is 45.1 Å². The van der Waals surface area contributed by atoms with E-state index in [0.29, 0.717) is 17.3 Å². The average Bonchev–Trinajstić information content (AvgIpc) is 2.91. The molecule has 1 aromatic carbocycles. The normalized spacial score (nSPS) is 18.1. The van der Waals surface area contributed by atoms with Gasteiger partial charge in [0.15, 0.2) is 0 Å². The summed E-state index contributed by atoms with van der Waals surface area (Å²) in [7, 11) is 4.07. The maximum atomic E-state index is 12.2. The first-order chi connectivity index (χ1) is 9.51. The second kappa shape index (κ2) is 5.93. The van der Waals surface area contributed by atoms with E-state index in [-0.39, 0.29) is 6.03 Å². The maximum absolute atomic E-state index is 12.2. The molecule has 1 aromatic rings. The number of benzene rings is 1. The Balaban J connectivity index is 2.01. The van der Waals surface area contributed by atoms with Crippen molar-refractivity contribution in [3.05, 3.63) is 29.3 Å². The number of carbonyl (C=O) groups is 1. The number of aryl methyl sites for hydroxylation is 1. The number of amides is 2. The van der Waals surface area contributed by atoms with Crippen molar-refractivity contribution in [2.24, 2.45) is 0 Å². The molecular weight excluding hydrogens is 252 g/mol. The Kier molecular flexibility index (Phi) is 4.26. The highest BCUT2D eigenvalue weighted by Crippen LogP contribution is 2.17. The standard InChI is InChI=1S/C15H20N4O/c1-11-4-5-13(8-12(11)9-16)17-15(20)19-7-6-14(10-19)18(2)3/h4-5,8,14H,6-7,10H2,1-3H3,(H,17,20)/t14-/m1/s1. The minimum Gasteiger partial charge on any atom is -0.323 e. The largest absolute Gasteiger partial charge is 0.323 e. The predicted octanol–water partition coefficient (Wildman–Crippen LogP) is 2.03. The summed E-state index contributed by atoms with van der Waals surface area (Å²) in [6.45, 7) is 3.40. The highest BCUT2D eigenvalue weighted by molar-refractivity contribution is 5.89. The number of carbonyl (C=O) groups excluding carboxylic acids is 1. The molecule has 1 heterocycles. The van der Waals surface area contributed by atoms with Crippen LogP contribution >= 0.6 is 0 Å². The van der Waals surface area contributed by atoms with Crippen LogP contribution in [0.3, 0.4) is 0 Å². The van der Waals surface area contributed by atoms with Gasteiger partial charge in [-0.2, -0.15) is 5.26 Å². The lowest BCUT2D eigenvalue weighted by Crippen LogP contribution is -2.36. The zero-order valence-electron chi connectivity index (χ0n) is 12.2. The fourth-order valence-electron chi connectivity index (χ4n) is 2.37. The molecule has 0 unspecified atom stereocenters. The number of likely N-dealkylation sites (tertiary alicyclic amines) is 1. The first kappa shape index (κ1) is 14.4. The molecule has 0 bridgehead atoms. The number of hydrogen-bond acceptors (Lipinski definition) is 3. The Hall–Kier alpha value is -2.06. The smallest absolute Gasteiger partial charge is 0.321 e. The number of hydrogen-bond donors (Lipinski definition) is 1. The summed E-state index contributed by atoms with van der Waals surface area (Å²) >= 11 is 0. The number of nitrogens with zero attached hydrogens (tertiary/aromatic N) is 3. The molecule has 2 amide bonds. The van der Waals surface area contributed by atoms with Crippen LogP contribution in [0.4, 0.5) is 10.5 Å². The van der Waals surface area contributed by atoms with Crippen LogP contribution in [0.5, 0.6) is 0 Å². The molecule has 0 radical (unpaired) electrons. The zero-order valence-corrected chi connectivity index (χ0v) is 12.2. The number of urea groups is 1. The molecule has 5 heteroatoms. The molecule has 1 atom stereocenters. The SMILES string of the molecule is Cc1ccc(NC(=O)N2CC[C@@H](N(C)C)C2)cc1C#N. The minimum atomic E-state index is -0.0953. The Bertz CT molecular complexity index is 547. The predicted molar refractivity (Wildman–Crippen MR) is 78.6 cm³/mol. The molecule has 5 nitrogen and oxygen atoms in total. The number of anilines is 1. The Morgan fingerprint density at radius 3 is 2.85 bits per heavy atom. The summed E-state index contributed by atoms with van der Waals surface area (Å²) in [5.74, 6) is 0. The van der Waals surface area contributed by atoms with Gasteiger partial charge >= 0.3 is 6.03 Å². The van der Waals surface area contributed by atoms with E-state index < -0.39 is 0 Å². The third-order valence-electron chi connectivity index (χ3n) is 3.79. The fourth-order valence-corrected chi connectivity index (χ4v) is 2.37. The van der Waals surface area contributed by atoms with Gasteiger partial charge in [-0.3, -0.25) is 0 Å². The van der Waals surface area contributed by atoms with Crippen molar-refractivity contribution in [2.75, 3.05) is 32.5 Å². The van der Waals surface area contributed by atoms with Crippen LogP contribution < -0.4 is 5.32 Å². The minimum absolute atomic E-state index is 0.0953. The Morgan fingerprint density at radius 2 is 2.25 bits per heavy atom. The van der Waals surface area contributed by atoms with Gasteiger partial charge in [0.05, 0.1) is 11.6 Å². The summed E-state index contributed by atoms with van der Waals surface area (Å²) in [6, 6.07) is 7.85. The molecule has 106 valence electrons. The summed E-state index contributed by atoms with van der Waals surface area (Å²) in [6.07, 6.45) is 0.998. The molecule has 20 heavy (non-hydrogen) atoms. The molecule has 1 saturated heterocycles. The van der Waals surface area contributed by atoms with Gasteiger partial charge in [-0.1, -0.05) is 6.07 Å². The van der Waals surface area contributed by atoms with Gasteiger partial charge < -0.3 is 15.1 Å². The van der Waals surface area contributed by atoms with E-state index in [9.17, 15) is 4.79 Å². The number of likely N-dealkylation sites (N-methyl/N-ethyl adjacent to an activating group) is 1. The highest BCUT2D eigenvalue weighted by Gasteiger charge is 2.27. The van der Waals surface area contributed by atoms with Crippen LogP contribution in [-0.2, 0) is 0 Å². The second-order valence-electron chi connectivity index (χ2n) is 5.42. The lowest BCUT2D eigenvalue weighted by atomic mass is 10.1. The average molecular weight is 272 g/mol. The van der Waals surface area contributed by atoms with Gasteiger partial charge in [0.1, 0.15) is 0 Å². The first-order valence-corrected chi connectivity index (χ1v) is 6.74. The van der Waals surface area contributed by atoms with E-state index in [1.165, 1.54) is 0 Å². The second-order valence-corrected chi connectivity index (χ2v) is 5.42. The van der Waals surface area contributed by atoms with Gasteiger partial charge in [0.25, 0.3) is 0 Å². The van der Waals surface area contributed by atoms with Crippen molar-refractivity contribution in [1.29, 1.82) is 5.26 Å². The zero-order chi connectivity index (χ0) is 14.7. The third kappa shape index (κ3) is 3.09. The maximum Gasteiger partial charge on any atom is 0.321 e. The quantitative estimate of drug-likeness (QED) is 0.896. The van der Waals surface area contributed by atoms with Crippen LogP contribution in [0, 0.1) is 18.3 Å². The van der Waals surface area contributed by atoms with Crippen molar-refractivity contribution in [2.45, 2.75) is 19.4 Å². The summed E-state index contributed by atoms with van der Waals surface area (Å²) in [5.41, 5.74) is 2.18. The summed E-state index contributed by atoms with van der Waals surface area (Å²) in [5, 5.41) is 11.9. The van der Waals surface area contributed by atoms with Crippen LogP contribution in [0.1, 0.15) is 17.5 Å². The van der Waals surface area contributed by atoms with Crippen molar-refractivity contribution < 1.29 is 4.79 Å². The highest BCUT2D eigenvalue weighted by atomic mass is 16.2. The molecule has 1 fully saturated rings. The van der Waals surface area contributed by atoms with Gasteiger partial charge in [0, 0.05) is 24.8 Å². The molecule has 0 spiro atoms. The molecule has 0 aromatic heterocycles. The van der Waals surface area contributed by atoms with E-state index in [1.807, 2.05) is 38.1 Å². The number of nitriles is 1. The molecular formula is C15H20N4O. The topological polar surface area (TPSA) is 59.4 Å². The van der Waals surface area contributed by atoms with Gasteiger partial charge in [-0.25, -0.2) is 4.79 Å². The van der Waals surface area contributed by atoms with Crippen LogP contribution in [0.25, 0.3) is 0 Å². The van der Waals surface area contributed by atoms with E-state index in [2.05, 4.69) is 16.3 Å². The molecule has 1 N–H and O–H groups in total.